The number of rotatable bonds is 8. The molecular weight excluding hydrogens is 1000 g/mol. The molecule has 17 aromatic rings. The fourth-order valence-electron chi connectivity index (χ4n) is 13.0. The molecule has 0 atom stereocenters. The van der Waals surface area contributed by atoms with E-state index in [1.165, 1.54) is 0 Å². The van der Waals surface area contributed by atoms with Gasteiger partial charge in [0.2, 0.25) is 0 Å². The molecule has 0 N–H and O–H groups in total. The molecule has 0 aliphatic rings. The van der Waals surface area contributed by atoms with Gasteiger partial charge in [-0.15, -0.1) is 0 Å². The van der Waals surface area contributed by atoms with Crippen molar-refractivity contribution >= 4 is 87.2 Å². The fourth-order valence-corrected chi connectivity index (χ4v) is 13.0. The number of fused-ring (bicyclic) bond motifs is 12. The van der Waals surface area contributed by atoms with Gasteiger partial charge in [0.25, 0.3) is 0 Å². The zero-order valence-electron chi connectivity index (χ0n) is 44.1. The molecule has 0 amide bonds. The molecule has 0 fully saturated rings. The summed E-state index contributed by atoms with van der Waals surface area (Å²) in [5.74, 6) is 2.43. The predicted molar refractivity (Wildman–Crippen MR) is 337 cm³/mol. The molecule has 0 saturated carbocycles. The van der Waals surface area contributed by atoms with Gasteiger partial charge >= 0.3 is 0 Å². The molecule has 0 saturated heterocycles. The van der Waals surface area contributed by atoms with Gasteiger partial charge in [-0.3, -0.25) is 4.57 Å². The molecule has 0 bridgehead atoms. The molecule has 8 nitrogen and oxygen atoms in total. The van der Waals surface area contributed by atoms with Crippen LogP contribution in [0.2, 0.25) is 0 Å². The summed E-state index contributed by atoms with van der Waals surface area (Å²) in [6, 6.07) is 99.4. The van der Waals surface area contributed by atoms with Crippen LogP contribution in [-0.4, -0.2) is 38.2 Å². The first-order valence-corrected chi connectivity index (χ1v) is 27.7. The smallest absolute Gasteiger partial charge is 0.165 e. The van der Waals surface area contributed by atoms with Gasteiger partial charge in [0, 0.05) is 65.3 Å². The second-order valence-corrected chi connectivity index (χ2v) is 20.9. The monoisotopic (exact) mass is 1050 g/mol. The summed E-state index contributed by atoms with van der Waals surface area (Å²) in [5.41, 5.74) is 15.3. The molecule has 8 heteroatoms. The summed E-state index contributed by atoms with van der Waals surface area (Å²) in [7, 11) is 0. The summed E-state index contributed by atoms with van der Waals surface area (Å²) in [5, 5.41) is 9.10. The molecule has 17 rings (SSSR count). The Labute approximate surface area is 470 Å². The Morgan fingerprint density at radius 1 is 0.195 bits per heavy atom. The lowest BCUT2D eigenvalue weighted by Crippen LogP contribution is -2.16. The molecule has 0 radical (unpaired) electrons. The van der Waals surface area contributed by atoms with Crippen LogP contribution in [0.3, 0.4) is 0 Å². The summed E-state index contributed by atoms with van der Waals surface area (Å²) < 4.78 is 9.91. The number of pyridine rings is 1. The molecular formula is C74H46N8. The van der Waals surface area contributed by atoms with Crippen molar-refractivity contribution in [3.05, 3.63) is 279 Å². The first kappa shape index (κ1) is 45.8. The lowest BCUT2D eigenvalue weighted by atomic mass is 9.99. The van der Waals surface area contributed by atoms with E-state index in [9.17, 15) is 0 Å². The third-order valence-corrected chi connectivity index (χ3v) is 16.4. The number of benzene rings is 11. The van der Waals surface area contributed by atoms with E-state index >= 15 is 0 Å². The van der Waals surface area contributed by atoms with Gasteiger partial charge in [0.1, 0.15) is 11.4 Å². The quantitative estimate of drug-likeness (QED) is 0.152. The van der Waals surface area contributed by atoms with E-state index in [1.807, 2.05) is 36.4 Å². The highest BCUT2D eigenvalue weighted by molar-refractivity contribution is 6.16. The second kappa shape index (κ2) is 18.2. The summed E-state index contributed by atoms with van der Waals surface area (Å²) in [6.07, 6.45) is 0. The minimum atomic E-state index is 0.529. The Bertz CT molecular complexity index is 5140. The van der Waals surface area contributed by atoms with E-state index in [1.54, 1.807) is 0 Å². The maximum Gasteiger partial charge on any atom is 0.165 e. The number of nitrogens with zero attached hydrogens (tertiary/aromatic N) is 8. The van der Waals surface area contributed by atoms with Gasteiger partial charge in [-0.05, 0) is 48.5 Å². The van der Waals surface area contributed by atoms with Gasteiger partial charge in [0.15, 0.2) is 23.3 Å². The lowest BCUT2D eigenvalue weighted by molar-refractivity contribution is 0.977. The van der Waals surface area contributed by atoms with Crippen molar-refractivity contribution in [2.45, 2.75) is 0 Å². The van der Waals surface area contributed by atoms with Crippen LogP contribution in [0, 0.1) is 0 Å². The van der Waals surface area contributed by atoms with E-state index < -0.39 is 0 Å². The van der Waals surface area contributed by atoms with Crippen LogP contribution in [0.5, 0.6) is 0 Å². The van der Waals surface area contributed by atoms with E-state index in [0.717, 1.165) is 138 Å². The minimum Gasteiger partial charge on any atom is -0.305 e. The highest BCUT2D eigenvalue weighted by Crippen LogP contribution is 2.50. The van der Waals surface area contributed by atoms with Crippen LogP contribution >= 0.6 is 0 Å². The zero-order valence-corrected chi connectivity index (χ0v) is 44.1. The highest BCUT2D eigenvalue weighted by atomic mass is 15.2. The molecule has 11 aromatic carbocycles. The largest absolute Gasteiger partial charge is 0.305 e. The normalized spacial score (nSPS) is 11.9. The number of para-hydroxylation sites is 8. The van der Waals surface area contributed by atoms with Crippen LogP contribution < -0.4 is 0 Å². The van der Waals surface area contributed by atoms with Crippen LogP contribution in [-0.2, 0) is 0 Å². The van der Waals surface area contributed by atoms with Gasteiger partial charge in [-0.25, -0.2) is 19.9 Å². The topological polar surface area (TPSA) is 71.3 Å². The standard InChI is InChI=1S/C74H46N8/c1-3-25-47(26-4-1)71-76-72(48-27-5-2-6-28-48)78-73(77-71)58-38-8-7-37-57(58)67-68(79-59-39-17-9-29-49(59)50-30-10-18-40-60(50)79)69(80-61-41-19-11-31-51(61)52-32-12-20-42-62(52)80)70(81-63-43-21-13-33-53(63)54-34-14-22-44-64(54)81)74(75-67)82-65-45-23-15-35-55(65)56-36-16-24-46-66(56)82/h1-46H. The Morgan fingerprint density at radius 2 is 0.463 bits per heavy atom. The van der Waals surface area contributed by atoms with E-state index in [-0.39, 0.29) is 0 Å². The van der Waals surface area contributed by atoms with Crippen LogP contribution in [0.1, 0.15) is 0 Å². The summed E-state index contributed by atoms with van der Waals surface area (Å²) in [4.78, 5) is 22.5. The molecule has 0 spiro atoms. The van der Waals surface area contributed by atoms with Crippen molar-refractivity contribution in [2.24, 2.45) is 0 Å². The molecule has 6 aromatic heterocycles. The van der Waals surface area contributed by atoms with Gasteiger partial charge in [-0.2, -0.15) is 0 Å². The van der Waals surface area contributed by atoms with Crippen molar-refractivity contribution < 1.29 is 0 Å². The SMILES string of the molecule is c1ccc(-c2nc(-c3ccccc3)nc(-c3ccccc3-c3nc(-n4c5ccccc5c5ccccc54)c(-n4c5ccccc5c5ccccc54)c(-n4c5ccccc5c5ccccc54)c3-n3c4ccccc4c4ccccc43)n2)cc1. The Morgan fingerprint density at radius 3 is 0.829 bits per heavy atom. The second-order valence-electron chi connectivity index (χ2n) is 20.9. The molecule has 0 aliphatic carbocycles. The average Bonchev–Trinajstić information content (AvgIpc) is 2.70. The van der Waals surface area contributed by atoms with Gasteiger partial charge in [-0.1, -0.05) is 231 Å². The van der Waals surface area contributed by atoms with E-state index in [4.69, 9.17) is 19.9 Å². The predicted octanol–water partition coefficient (Wildman–Crippen LogP) is 18.3. The van der Waals surface area contributed by atoms with Crippen LogP contribution in [0.15, 0.2) is 279 Å². The summed E-state index contributed by atoms with van der Waals surface area (Å²) in [6.45, 7) is 0. The van der Waals surface area contributed by atoms with Crippen molar-refractivity contribution in [2.75, 3.05) is 0 Å². The number of aromatic nitrogens is 8. The molecule has 0 unspecified atom stereocenters. The first-order chi connectivity index (χ1) is 40.7. The maximum atomic E-state index is 6.44. The molecule has 0 aliphatic heterocycles. The fraction of sp³-hybridized carbons (Fsp3) is 0. The minimum absolute atomic E-state index is 0.529. The van der Waals surface area contributed by atoms with Crippen molar-refractivity contribution in [1.29, 1.82) is 0 Å². The van der Waals surface area contributed by atoms with Crippen molar-refractivity contribution in [3.8, 4) is 68.3 Å². The molecule has 82 heavy (non-hydrogen) atoms. The van der Waals surface area contributed by atoms with E-state index in [0.29, 0.717) is 17.5 Å². The Hall–Kier alpha value is -11.2. The highest BCUT2D eigenvalue weighted by Gasteiger charge is 2.34. The van der Waals surface area contributed by atoms with Gasteiger partial charge in [0.05, 0.1) is 55.5 Å². The number of hydrogen-bond acceptors (Lipinski definition) is 4. The maximum absolute atomic E-state index is 6.44. The lowest BCUT2D eigenvalue weighted by Gasteiger charge is -2.27. The summed E-state index contributed by atoms with van der Waals surface area (Å²) >= 11 is 0. The number of hydrogen-bond donors (Lipinski definition) is 0. The van der Waals surface area contributed by atoms with Crippen LogP contribution in [0.25, 0.3) is 156 Å². The third-order valence-electron chi connectivity index (χ3n) is 16.4. The Balaban J connectivity index is 1.16. The van der Waals surface area contributed by atoms with Crippen molar-refractivity contribution in [1.82, 2.24) is 38.2 Å². The molecule has 6 heterocycles. The van der Waals surface area contributed by atoms with Gasteiger partial charge < -0.3 is 13.7 Å². The first-order valence-electron chi connectivity index (χ1n) is 27.7. The zero-order chi connectivity index (χ0) is 53.8. The molecule has 382 valence electrons. The Kier molecular flexibility index (Phi) is 10.1. The van der Waals surface area contributed by atoms with E-state index in [2.05, 4.69) is 261 Å². The van der Waals surface area contributed by atoms with Crippen LogP contribution in [0.4, 0.5) is 0 Å². The average molecular weight is 1050 g/mol. The third kappa shape index (κ3) is 6.79. The van der Waals surface area contributed by atoms with Crippen molar-refractivity contribution in [3.63, 3.8) is 0 Å².